The first-order chi connectivity index (χ1) is 5.70. The largest absolute Gasteiger partial charge is 0.216 e. The van der Waals surface area contributed by atoms with Crippen molar-refractivity contribution >= 4 is 21.6 Å². The molecule has 1 N–H and O–H groups in total. The molecule has 13 heavy (non-hydrogen) atoms. The number of nitrogens with one attached hydrogen (secondary N) is 1. The minimum Gasteiger partial charge on any atom is -0.214 e. The highest BCUT2D eigenvalue weighted by atomic mass is 35.5. The van der Waals surface area contributed by atoms with Crippen molar-refractivity contribution < 1.29 is 8.42 Å². The molecule has 0 amide bonds. The molecule has 1 atom stereocenters. The average Bonchev–Trinajstić information content (AvgIpc) is 1.98. The van der Waals surface area contributed by atoms with E-state index in [4.69, 9.17) is 11.6 Å². The lowest BCUT2D eigenvalue weighted by molar-refractivity contribution is 0.530. The van der Waals surface area contributed by atoms with E-state index < -0.39 is 14.8 Å². The average molecular weight is 228 g/mol. The summed E-state index contributed by atoms with van der Waals surface area (Å²) in [7, 11) is -3.21. The van der Waals surface area contributed by atoms with E-state index in [9.17, 15) is 8.42 Å². The summed E-state index contributed by atoms with van der Waals surface area (Å²) in [6, 6.07) is 0. The van der Waals surface area contributed by atoms with Crippen molar-refractivity contribution in [1.29, 1.82) is 0 Å². The van der Waals surface area contributed by atoms with Gasteiger partial charge in [0, 0.05) is 12.4 Å². The zero-order chi connectivity index (χ0) is 10.7. The molecule has 0 aromatic heterocycles. The van der Waals surface area contributed by atoms with Crippen LogP contribution in [0.2, 0.25) is 0 Å². The summed E-state index contributed by atoms with van der Waals surface area (Å²) in [6.07, 6.45) is 0. The SMILES string of the molecule is CC(CCl)CNS(=O)(=O)C(C)(C)C. The van der Waals surface area contributed by atoms with Crippen molar-refractivity contribution in [2.45, 2.75) is 32.4 Å². The Hall–Kier alpha value is 0.200. The van der Waals surface area contributed by atoms with Crippen molar-refractivity contribution in [2.75, 3.05) is 12.4 Å². The summed E-state index contributed by atoms with van der Waals surface area (Å²) in [5.41, 5.74) is 0. The molecule has 0 aliphatic rings. The Kier molecular flexibility index (Phi) is 4.69. The molecule has 0 aliphatic heterocycles. The summed E-state index contributed by atoms with van der Waals surface area (Å²) < 4.78 is 24.8. The van der Waals surface area contributed by atoms with Crippen LogP contribution in [-0.4, -0.2) is 25.6 Å². The van der Waals surface area contributed by atoms with Gasteiger partial charge in [-0.2, -0.15) is 0 Å². The Balaban J connectivity index is 4.22. The molecule has 0 radical (unpaired) electrons. The van der Waals surface area contributed by atoms with E-state index in [2.05, 4.69) is 4.72 Å². The maximum absolute atomic E-state index is 11.5. The number of sulfonamides is 1. The van der Waals surface area contributed by atoms with Gasteiger partial charge in [-0.15, -0.1) is 11.6 Å². The normalized spacial score (nSPS) is 15.8. The molecule has 0 heterocycles. The third kappa shape index (κ3) is 4.29. The van der Waals surface area contributed by atoms with Crippen LogP contribution in [0.1, 0.15) is 27.7 Å². The quantitative estimate of drug-likeness (QED) is 0.742. The minimum atomic E-state index is -3.21. The maximum Gasteiger partial charge on any atom is 0.216 e. The van der Waals surface area contributed by atoms with Crippen molar-refractivity contribution in [3.05, 3.63) is 0 Å². The lowest BCUT2D eigenvalue weighted by Crippen LogP contribution is -2.41. The van der Waals surface area contributed by atoms with Crippen LogP contribution in [0.15, 0.2) is 0 Å². The fraction of sp³-hybridized carbons (Fsp3) is 1.00. The van der Waals surface area contributed by atoms with Crippen molar-refractivity contribution in [1.82, 2.24) is 4.72 Å². The predicted molar refractivity (Wildman–Crippen MR) is 56.6 cm³/mol. The van der Waals surface area contributed by atoms with E-state index in [0.29, 0.717) is 12.4 Å². The molecule has 0 aliphatic carbocycles. The Morgan fingerprint density at radius 3 is 2.15 bits per heavy atom. The number of halogens is 1. The van der Waals surface area contributed by atoms with Gasteiger partial charge in [-0.25, -0.2) is 13.1 Å². The number of hydrogen-bond donors (Lipinski definition) is 1. The molecule has 80 valence electrons. The molecule has 0 spiro atoms. The molecule has 3 nitrogen and oxygen atoms in total. The molecular formula is C8H18ClNO2S. The fourth-order valence-corrected chi connectivity index (χ4v) is 1.57. The summed E-state index contributed by atoms with van der Waals surface area (Å²) in [5, 5.41) is 0. The molecule has 0 rings (SSSR count). The predicted octanol–water partition coefficient (Wildman–Crippen LogP) is 1.58. The van der Waals surface area contributed by atoms with E-state index in [-0.39, 0.29) is 5.92 Å². The van der Waals surface area contributed by atoms with Gasteiger partial charge in [0.05, 0.1) is 4.75 Å². The molecule has 5 heteroatoms. The second-order valence-electron chi connectivity index (χ2n) is 4.22. The lowest BCUT2D eigenvalue weighted by atomic mass is 10.2. The number of hydrogen-bond acceptors (Lipinski definition) is 2. The highest BCUT2D eigenvalue weighted by molar-refractivity contribution is 7.90. The van der Waals surface area contributed by atoms with Gasteiger partial charge in [0.2, 0.25) is 10.0 Å². The van der Waals surface area contributed by atoms with Crippen LogP contribution < -0.4 is 4.72 Å². The van der Waals surface area contributed by atoms with Crippen molar-refractivity contribution in [3.63, 3.8) is 0 Å². The molecule has 0 saturated heterocycles. The first-order valence-corrected chi connectivity index (χ1v) is 6.27. The van der Waals surface area contributed by atoms with Crippen LogP contribution in [0.4, 0.5) is 0 Å². The topological polar surface area (TPSA) is 46.2 Å². The zero-order valence-corrected chi connectivity index (χ0v) is 10.2. The second kappa shape index (κ2) is 4.62. The van der Waals surface area contributed by atoms with Gasteiger partial charge in [0.25, 0.3) is 0 Å². The molecule has 0 saturated carbocycles. The van der Waals surface area contributed by atoms with Crippen LogP contribution in [0.5, 0.6) is 0 Å². The van der Waals surface area contributed by atoms with Gasteiger partial charge in [0.1, 0.15) is 0 Å². The Bertz CT molecular complexity index is 243. The van der Waals surface area contributed by atoms with E-state index in [1.807, 2.05) is 6.92 Å². The zero-order valence-electron chi connectivity index (χ0n) is 8.59. The third-order valence-electron chi connectivity index (χ3n) is 1.69. The van der Waals surface area contributed by atoms with Gasteiger partial charge in [0.15, 0.2) is 0 Å². The van der Waals surface area contributed by atoms with Gasteiger partial charge in [-0.3, -0.25) is 0 Å². The van der Waals surface area contributed by atoms with Crippen molar-refractivity contribution in [2.24, 2.45) is 5.92 Å². The van der Waals surface area contributed by atoms with E-state index in [1.54, 1.807) is 20.8 Å². The molecule has 0 aromatic carbocycles. The van der Waals surface area contributed by atoms with Crippen LogP contribution in [0, 0.1) is 5.92 Å². The maximum atomic E-state index is 11.5. The van der Waals surface area contributed by atoms with Crippen molar-refractivity contribution in [3.8, 4) is 0 Å². The smallest absolute Gasteiger partial charge is 0.214 e. The van der Waals surface area contributed by atoms with Crippen LogP contribution >= 0.6 is 11.6 Å². The second-order valence-corrected chi connectivity index (χ2v) is 7.05. The number of rotatable bonds is 4. The summed E-state index contributed by atoms with van der Waals surface area (Å²) in [6.45, 7) is 7.31. The fourth-order valence-electron chi connectivity index (χ4n) is 0.523. The summed E-state index contributed by atoms with van der Waals surface area (Å²) in [5.74, 6) is 0.630. The van der Waals surface area contributed by atoms with Crippen LogP contribution in [0.3, 0.4) is 0 Å². The van der Waals surface area contributed by atoms with Crippen LogP contribution in [-0.2, 0) is 10.0 Å². The third-order valence-corrected chi connectivity index (χ3v) is 4.38. The monoisotopic (exact) mass is 227 g/mol. The minimum absolute atomic E-state index is 0.166. The van der Waals surface area contributed by atoms with E-state index in [1.165, 1.54) is 0 Å². The summed E-state index contributed by atoms with van der Waals surface area (Å²) >= 11 is 5.56. The first-order valence-electron chi connectivity index (χ1n) is 4.26. The molecule has 0 fully saturated rings. The highest BCUT2D eigenvalue weighted by Crippen LogP contribution is 2.13. The van der Waals surface area contributed by atoms with Gasteiger partial charge in [-0.05, 0) is 26.7 Å². The Morgan fingerprint density at radius 2 is 1.85 bits per heavy atom. The standard InChI is InChI=1S/C8H18ClNO2S/c1-7(5-9)6-10-13(11,12)8(2,3)4/h7,10H,5-6H2,1-4H3. The highest BCUT2D eigenvalue weighted by Gasteiger charge is 2.28. The molecule has 1 unspecified atom stereocenters. The van der Waals surface area contributed by atoms with E-state index in [0.717, 1.165) is 0 Å². The van der Waals surface area contributed by atoms with E-state index >= 15 is 0 Å². The first kappa shape index (κ1) is 13.2. The molecule has 0 bridgehead atoms. The molecule has 0 aromatic rings. The summed E-state index contributed by atoms with van der Waals surface area (Å²) in [4.78, 5) is 0. The van der Waals surface area contributed by atoms with Crippen LogP contribution in [0.25, 0.3) is 0 Å². The number of alkyl halides is 1. The van der Waals surface area contributed by atoms with Gasteiger partial charge < -0.3 is 0 Å². The van der Waals surface area contributed by atoms with Gasteiger partial charge in [-0.1, -0.05) is 6.92 Å². The Morgan fingerprint density at radius 1 is 1.38 bits per heavy atom. The lowest BCUT2D eigenvalue weighted by Gasteiger charge is -2.20. The molecular weight excluding hydrogens is 210 g/mol. The Labute approximate surface area is 85.9 Å². The van der Waals surface area contributed by atoms with Gasteiger partial charge >= 0.3 is 0 Å².